The van der Waals surface area contributed by atoms with Crippen molar-refractivity contribution >= 4 is 26.0 Å². The van der Waals surface area contributed by atoms with Crippen LogP contribution in [0.3, 0.4) is 0 Å². The fourth-order valence-electron chi connectivity index (χ4n) is 1.77. The molecule has 0 saturated carbocycles. The molecule has 8 nitrogen and oxygen atoms in total. The topological polar surface area (TPSA) is 121 Å². The highest BCUT2D eigenvalue weighted by molar-refractivity contribution is 7.90. The lowest BCUT2D eigenvalue weighted by molar-refractivity contribution is -0.136. The van der Waals surface area contributed by atoms with E-state index in [4.69, 9.17) is 5.11 Å². The molecule has 1 aliphatic rings. The third kappa shape index (κ3) is 4.41. The van der Waals surface area contributed by atoms with Gasteiger partial charge in [0.2, 0.25) is 20.0 Å². The molecule has 2 N–H and O–H groups in total. The van der Waals surface area contributed by atoms with Crippen molar-refractivity contribution in [3.05, 3.63) is 0 Å². The molecule has 0 radical (unpaired) electrons. The van der Waals surface area contributed by atoms with Crippen molar-refractivity contribution in [1.29, 1.82) is 0 Å². The van der Waals surface area contributed by atoms with E-state index in [2.05, 4.69) is 4.72 Å². The largest absolute Gasteiger partial charge is 0.480 e. The number of piperidine rings is 1. The summed E-state index contributed by atoms with van der Waals surface area (Å²) in [7, 11) is -7.19. The van der Waals surface area contributed by atoms with Crippen LogP contribution in [0, 0.1) is 0 Å². The summed E-state index contributed by atoms with van der Waals surface area (Å²) in [5.74, 6) is -1.42. The number of hydrogen-bond acceptors (Lipinski definition) is 5. The quantitative estimate of drug-likeness (QED) is 0.658. The van der Waals surface area contributed by atoms with Crippen LogP contribution in [-0.2, 0) is 24.8 Å². The van der Waals surface area contributed by atoms with Crippen molar-refractivity contribution in [2.24, 2.45) is 0 Å². The Bertz CT molecular complexity index is 533. The molecule has 0 amide bonds. The fraction of sp³-hybridized carbons (Fsp3) is 0.889. The summed E-state index contributed by atoms with van der Waals surface area (Å²) in [6, 6.07) is -0.426. The molecular formula is C9H18N2O6S2. The molecule has 112 valence electrons. The lowest BCUT2D eigenvalue weighted by Crippen LogP contribution is -2.49. The average Bonchev–Trinajstić information content (AvgIpc) is 2.26. The van der Waals surface area contributed by atoms with E-state index in [1.807, 2.05) is 0 Å². The first-order chi connectivity index (χ1) is 8.54. The second-order valence-electron chi connectivity index (χ2n) is 4.58. The number of carboxylic acid groups (broad SMARTS) is 1. The summed E-state index contributed by atoms with van der Waals surface area (Å²) in [6.45, 7) is 1.55. The molecule has 10 heteroatoms. The van der Waals surface area contributed by atoms with Crippen molar-refractivity contribution in [1.82, 2.24) is 9.03 Å². The molecule has 0 aliphatic carbocycles. The first-order valence-corrected chi connectivity index (χ1v) is 9.12. The Kier molecular flexibility index (Phi) is 4.93. The van der Waals surface area contributed by atoms with Crippen LogP contribution in [-0.4, -0.2) is 62.9 Å². The lowest BCUT2D eigenvalue weighted by Gasteiger charge is -2.30. The van der Waals surface area contributed by atoms with Crippen LogP contribution in [0.15, 0.2) is 0 Å². The number of carbonyl (C=O) groups is 1. The van der Waals surface area contributed by atoms with Crippen LogP contribution in [0.25, 0.3) is 0 Å². The SMILES string of the molecule is CC(C(=O)O)S(=O)(=O)NC1CCN(S(C)(=O)=O)CC1. The summed E-state index contributed by atoms with van der Waals surface area (Å²) in [6.07, 6.45) is 1.77. The summed E-state index contributed by atoms with van der Waals surface area (Å²) >= 11 is 0. The number of rotatable bonds is 5. The Morgan fingerprint density at radius 1 is 1.26 bits per heavy atom. The van der Waals surface area contributed by atoms with Gasteiger partial charge < -0.3 is 5.11 Å². The minimum Gasteiger partial charge on any atom is -0.480 e. The monoisotopic (exact) mass is 314 g/mol. The van der Waals surface area contributed by atoms with Gasteiger partial charge in [-0.15, -0.1) is 0 Å². The summed E-state index contributed by atoms with van der Waals surface area (Å²) < 4.78 is 49.6. The van der Waals surface area contributed by atoms with E-state index in [0.29, 0.717) is 12.8 Å². The van der Waals surface area contributed by atoms with E-state index in [0.717, 1.165) is 13.2 Å². The Morgan fingerprint density at radius 2 is 1.74 bits per heavy atom. The van der Waals surface area contributed by atoms with Crippen molar-refractivity contribution in [2.75, 3.05) is 19.3 Å². The van der Waals surface area contributed by atoms with Gasteiger partial charge in [0, 0.05) is 19.1 Å². The average molecular weight is 314 g/mol. The van der Waals surface area contributed by atoms with E-state index >= 15 is 0 Å². The minimum atomic E-state index is -3.93. The maximum Gasteiger partial charge on any atom is 0.323 e. The lowest BCUT2D eigenvalue weighted by atomic mass is 10.1. The highest BCUT2D eigenvalue weighted by Crippen LogP contribution is 2.15. The fourth-order valence-corrected chi connectivity index (χ4v) is 3.82. The van der Waals surface area contributed by atoms with E-state index in [9.17, 15) is 21.6 Å². The predicted octanol–water partition coefficient (Wildman–Crippen LogP) is -1.20. The Balaban J connectivity index is 2.61. The standard InChI is InChI=1S/C9H18N2O6S2/c1-7(9(12)13)19(16,17)10-8-3-5-11(6-4-8)18(2,14)15/h7-8,10H,3-6H2,1-2H3,(H,12,13). The van der Waals surface area contributed by atoms with Crippen molar-refractivity contribution in [3.8, 4) is 0 Å². The third-order valence-electron chi connectivity index (χ3n) is 3.07. The third-order valence-corrected chi connectivity index (χ3v) is 6.16. The Morgan fingerprint density at radius 3 is 2.11 bits per heavy atom. The first-order valence-electron chi connectivity index (χ1n) is 5.73. The smallest absolute Gasteiger partial charge is 0.323 e. The molecule has 1 heterocycles. The number of nitrogens with one attached hydrogen (secondary N) is 1. The zero-order valence-electron chi connectivity index (χ0n) is 10.7. The molecule has 0 bridgehead atoms. The number of hydrogen-bond donors (Lipinski definition) is 2. The van der Waals surface area contributed by atoms with Crippen molar-refractivity contribution in [2.45, 2.75) is 31.1 Å². The van der Waals surface area contributed by atoms with Gasteiger partial charge in [0.15, 0.2) is 5.25 Å². The normalized spacial score (nSPS) is 21.2. The number of aliphatic carboxylic acids is 1. The van der Waals surface area contributed by atoms with Gasteiger partial charge >= 0.3 is 5.97 Å². The zero-order valence-corrected chi connectivity index (χ0v) is 12.4. The molecule has 1 rings (SSSR count). The predicted molar refractivity (Wildman–Crippen MR) is 68.6 cm³/mol. The second-order valence-corrected chi connectivity index (χ2v) is 8.59. The van der Waals surface area contributed by atoms with Gasteiger partial charge in [-0.25, -0.2) is 25.9 Å². The van der Waals surface area contributed by atoms with Crippen LogP contribution in [0.1, 0.15) is 19.8 Å². The number of sulfonamides is 2. The van der Waals surface area contributed by atoms with Gasteiger partial charge in [0.05, 0.1) is 6.26 Å². The Hall–Kier alpha value is -0.710. The molecular weight excluding hydrogens is 296 g/mol. The van der Waals surface area contributed by atoms with E-state index in [1.54, 1.807) is 0 Å². The molecule has 0 aromatic rings. The Labute approximate surface area is 112 Å². The highest BCUT2D eigenvalue weighted by Gasteiger charge is 2.32. The molecule has 1 fully saturated rings. The minimum absolute atomic E-state index is 0.230. The maximum atomic E-state index is 11.7. The maximum absolute atomic E-state index is 11.7. The molecule has 0 aromatic carbocycles. The van der Waals surface area contributed by atoms with Gasteiger partial charge in [-0.05, 0) is 19.8 Å². The molecule has 1 saturated heterocycles. The summed E-state index contributed by atoms with van der Waals surface area (Å²) in [4.78, 5) is 10.7. The number of nitrogens with zero attached hydrogens (tertiary/aromatic N) is 1. The van der Waals surface area contributed by atoms with Gasteiger partial charge in [0.25, 0.3) is 0 Å². The number of carboxylic acids is 1. The van der Waals surface area contributed by atoms with E-state index < -0.39 is 37.3 Å². The summed E-state index contributed by atoms with van der Waals surface area (Å²) in [5, 5.41) is 7.16. The van der Waals surface area contributed by atoms with Crippen LogP contribution in [0.5, 0.6) is 0 Å². The van der Waals surface area contributed by atoms with E-state index in [1.165, 1.54) is 4.31 Å². The van der Waals surface area contributed by atoms with Crippen LogP contribution < -0.4 is 4.72 Å². The van der Waals surface area contributed by atoms with Crippen molar-refractivity contribution < 1.29 is 26.7 Å². The first kappa shape index (κ1) is 16.3. The van der Waals surface area contributed by atoms with Gasteiger partial charge in [-0.3, -0.25) is 4.79 Å². The van der Waals surface area contributed by atoms with Crippen LogP contribution in [0.4, 0.5) is 0 Å². The van der Waals surface area contributed by atoms with Gasteiger partial charge in [0.1, 0.15) is 0 Å². The van der Waals surface area contributed by atoms with Crippen LogP contribution >= 0.6 is 0 Å². The molecule has 0 spiro atoms. The summed E-state index contributed by atoms with van der Waals surface area (Å²) in [5.41, 5.74) is 0. The second kappa shape index (κ2) is 5.73. The molecule has 0 aromatic heterocycles. The molecule has 1 unspecified atom stereocenters. The van der Waals surface area contributed by atoms with Gasteiger partial charge in [-0.2, -0.15) is 0 Å². The zero-order chi connectivity index (χ0) is 14.8. The highest BCUT2D eigenvalue weighted by atomic mass is 32.2. The van der Waals surface area contributed by atoms with E-state index in [-0.39, 0.29) is 13.1 Å². The molecule has 19 heavy (non-hydrogen) atoms. The van der Waals surface area contributed by atoms with Crippen molar-refractivity contribution in [3.63, 3.8) is 0 Å². The van der Waals surface area contributed by atoms with Gasteiger partial charge in [-0.1, -0.05) is 0 Å². The van der Waals surface area contributed by atoms with Crippen LogP contribution in [0.2, 0.25) is 0 Å². The molecule has 1 aliphatic heterocycles. The molecule has 1 atom stereocenters.